The third kappa shape index (κ3) is 11.4. The van der Waals surface area contributed by atoms with Crippen molar-refractivity contribution in [2.75, 3.05) is 6.54 Å². The number of nitro groups is 1. The topological polar surface area (TPSA) is 72.2 Å². The Bertz CT molecular complexity index is 529. The van der Waals surface area contributed by atoms with Crippen LogP contribution in [0.5, 0.6) is 0 Å². The molecular weight excluding hydrogens is 340 g/mol. The number of nitrogens with one attached hydrogen (secondary N) is 1. The van der Waals surface area contributed by atoms with Crippen molar-refractivity contribution in [3.8, 4) is 0 Å². The number of amides is 1. The van der Waals surface area contributed by atoms with E-state index < -0.39 is 4.92 Å². The first kappa shape index (κ1) is 23.1. The van der Waals surface area contributed by atoms with Gasteiger partial charge in [-0.15, -0.1) is 0 Å². The smallest absolute Gasteiger partial charge is 0.269 e. The number of carbonyl (C=O) groups excluding carboxylic acids is 1. The molecule has 1 rings (SSSR count). The van der Waals surface area contributed by atoms with E-state index in [1.54, 1.807) is 0 Å². The molecule has 5 nitrogen and oxygen atoms in total. The van der Waals surface area contributed by atoms with Crippen LogP contribution in [0.4, 0.5) is 5.69 Å². The Balaban J connectivity index is 1.92. The van der Waals surface area contributed by atoms with Crippen LogP contribution >= 0.6 is 0 Å². The molecule has 1 aromatic rings. The van der Waals surface area contributed by atoms with Gasteiger partial charge in [0.2, 0.25) is 0 Å². The van der Waals surface area contributed by atoms with Gasteiger partial charge in [0, 0.05) is 24.2 Å². The zero-order chi connectivity index (χ0) is 19.7. The van der Waals surface area contributed by atoms with Gasteiger partial charge in [-0.05, 0) is 18.6 Å². The van der Waals surface area contributed by atoms with Gasteiger partial charge < -0.3 is 5.32 Å². The maximum atomic E-state index is 12.0. The molecule has 0 aromatic heterocycles. The highest BCUT2D eigenvalue weighted by Crippen LogP contribution is 2.13. The Morgan fingerprint density at radius 2 is 1.26 bits per heavy atom. The average molecular weight is 377 g/mol. The van der Waals surface area contributed by atoms with Crippen LogP contribution in [-0.4, -0.2) is 17.4 Å². The summed E-state index contributed by atoms with van der Waals surface area (Å²) in [5.41, 5.74) is 0.471. The van der Waals surface area contributed by atoms with E-state index >= 15 is 0 Å². The zero-order valence-electron chi connectivity index (χ0n) is 16.9. The van der Waals surface area contributed by atoms with Gasteiger partial charge in [0.15, 0.2) is 0 Å². The van der Waals surface area contributed by atoms with Crippen LogP contribution in [-0.2, 0) is 0 Å². The highest BCUT2D eigenvalue weighted by atomic mass is 16.6. The molecule has 0 unspecified atom stereocenters. The van der Waals surface area contributed by atoms with Crippen LogP contribution in [0.2, 0.25) is 0 Å². The molecule has 0 radical (unpaired) electrons. The van der Waals surface area contributed by atoms with Gasteiger partial charge >= 0.3 is 0 Å². The number of rotatable bonds is 16. The normalized spacial score (nSPS) is 10.7. The second-order valence-electron chi connectivity index (χ2n) is 7.30. The maximum Gasteiger partial charge on any atom is 0.269 e. The van der Waals surface area contributed by atoms with Crippen molar-refractivity contribution < 1.29 is 9.72 Å². The monoisotopic (exact) mass is 376 g/mol. The Morgan fingerprint density at radius 3 is 1.70 bits per heavy atom. The van der Waals surface area contributed by atoms with Gasteiger partial charge in [-0.2, -0.15) is 0 Å². The fraction of sp³-hybridized carbons (Fsp3) is 0.682. The summed E-state index contributed by atoms with van der Waals surface area (Å²) in [6.07, 6.45) is 17.0. The van der Waals surface area contributed by atoms with Crippen molar-refractivity contribution in [3.05, 3.63) is 39.9 Å². The third-order valence-corrected chi connectivity index (χ3v) is 4.91. The number of unbranched alkanes of at least 4 members (excludes halogenated alkanes) is 12. The van der Waals surface area contributed by atoms with Crippen LogP contribution < -0.4 is 5.32 Å². The Hall–Kier alpha value is -1.91. The highest BCUT2D eigenvalue weighted by molar-refractivity contribution is 5.94. The van der Waals surface area contributed by atoms with E-state index in [4.69, 9.17) is 0 Å². The van der Waals surface area contributed by atoms with E-state index in [1.165, 1.54) is 94.9 Å². The predicted molar refractivity (Wildman–Crippen MR) is 111 cm³/mol. The van der Waals surface area contributed by atoms with Crippen molar-refractivity contribution >= 4 is 11.6 Å². The molecular formula is C22H36N2O3. The van der Waals surface area contributed by atoms with Crippen molar-refractivity contribution in [1.82, 2.24) is 5.32 Å². The largest absolute Gasteiger partial charge is 0.352 e. The summed E-state index contributed by atoms with van der Waals surface area (Å²) in [6.45, 7) is 2.92. The molecule has 0 aliphatic heterocycles. The standard InChI is InChI=1S/C22H36N2O3/c1-2-3-4-5-6-7-8-9-10-11-12-13-14-19-23-22(25)20-15-17-21(18-16-20)24(26)27/h15-18H,2-14,19H2,1H3,(H,23,25). The third-order valence-electron chi connectivity index (χ3n) is 4.91. The van der Waals surface area contributed by atoms with Gasteiger partial charge in [-0.1, -0.05) is 84.0 Å². The molecule has 5 heteroatoms. The van der Waals surface area contributed by atoms with Crippen LogP contribution in [0.15, 0.2) is 24.3 Å². The lowest BCUT2D eigenvalue weighted by atomic mass is 10.0. The predicted octanol–water partition coefficient (Wildman–Crippen LogP) is 6.42. The van der Waals surface area contributed by atoms with Gasteiger partial charge in [0.25, 0.3) is 11.6 Å². The molecule has 0 fully saturated rings. The lowest BCUT2D eigenvalue weighted by molar-refractivity contribution is -0.384. The molecule has 0 atom stereocenters. The van der Waals surface area contributed by atoms with Crippen molar-refractivity contribution in [2.45, 2.75) is 90.4 Å². The van der Waals surface area contributed by atoms with Crippen LogP contribution in [0.25, 0.3) is 0 Å². The molecule has 0 saturated heterocycles. The number of hydrogen-bond donors (Lipinski definition) is 1. The molecule has 1 N–H and O–H groups in total. The molecule has 0 bridgehead atoms. The van der Waals surface area contributed by atoms with E-state index in [1.807, 2.05) is 0 Å². The van der Waals surface area contributed by atoms with Gasteiger partial charge in [0.1, 0.15) is 0 Å². The number of nitro benzene ring substituents is 1. The summed E-state index contributed by atoms with van der Waals surface area (Å²) in [7, 11) is 0. The molecule has 0 aliphatic rings. The van der Waals surface area contributed by atoms with Gasteiger partial charge in [-0.3, -0.25) is 14.9 Å². The van der Waals surface area contributed by atoms with Crippen LogP contribution in [0, 0.1) is 10.1 Å². The van der Waals surface area contributed by atoms with Gasteiger partial charge in [-0.25, -0.2) is 0 Å². The van der Waals surface area contributed by atoms with Crippen LogP contribution in [0.3, 0.4) is 0 Å². The zero-order valence-corrected chi connectivity index (χ0v) is 16.9. The second kappa shape index (κ2) is 15.2. The minimum atomic E-state index is -0.463. The molecule has 152 valence electrons. The first-order valence-electron chi connectivity index (χ1n) is 10.7. The molecule has 1 amide bonds. The molecule has 1 aromatic carbocycles. The lowest BCUT2D eigenvalue weighted by Gasteiger charge is -2.05. The minimum Gasteiger partial charge on any atom is -0.352 e. The Labute approximate surface area is 164 Å². The number of hydrogen-bond acceptors (Lipinski definition) is 3. The maximum absolute atomic E-state index is 12.0. The second-order valence-corrected chi connectivity index (χ2v) is 7.30. The van der Waals surface area contributed by atoms with E-state index in [0.717, 1.165) is 12.8 Å². The number of benzene rings is 1. The summed E-state index contributed by atoms with van der Waals surface area (Å²) < 4.78 is 0. The summed E-state index contributed by atoms with van der Waals surface area (Å²) in [6, 6.07) is 5.72. The van der Waals surface area contributed by atoms with Gasteiger partial charge in [0.05, 0.1) is 4.92 Å². The van der Waals surface area contributed by atoms with Crippen molar-refractivity contribution in [2.24, 2.45) is 0 Å². The fourth-order valence-corrected chi connectivity index (χ4v) is 3.18. The van der Waals surface area contributed by atoms with E-state index in [-0.39, 0.29) is 11.6 Å². The first-order valence-corrected chi connectivity index (χ1v) is 10.7. The molecule has 27 heavy (non-hydrogen) atoms. The van der Waals surface area contributed by atoms with E-state index in [9.17, 15) is 14.9 Å². The minimum absolute atomic E-state index is 0.00282. The molecule has 0 aliphatic carbocycles. The number of non-ortho nitro benzene ring substituents is 1. The average Bonchev–Trinajstić information content (AvgIpc) is 2.68. The van der Waals surface area contributed by atoms with Crippen LogP contribution in [0.1, 0.15) is 101 Å². The fourth-order valence-electron chi connectivity index (χ4n) is 3.18. The summed E-state index contributed by atoms with van der Waals surface area (Å²) in [4.78, 5) is 22.1. The lowest BCUT2D eigenvalue weighted by Crippen LogP contribution is -2.24. The summed E-state index contributed by atoms with van der Waals surface area (Å²) >= 11 is 0. The number of nitrogens with zero attached hydrogens (tertiary/aromatic N) is 1. The van der Waals surface area contributed by atoms with Crippen molar-refractivity contribution in [1.29, 1.82) is 0 Å². The van der Waals surface area contributed by atoms with Crippen molar-refractivity contribution in [3.63, 3.8) is 0 Å². The Morgan fingerprint density at radius 1 is 0.815 bits per heavy atom. The SMILES string of the molecule is CCCCCCCCCCCCCCCNC(=O)c1ccc([N+](=O)[O-])cc1. The summed E-state index contributed by atoms with van der Waals surface area (Å²) in [5.74, 6) is -0.163. The Kier molecular flexibility index (Phi) is 13.0. The van der Waals surface area contributed by atoms with E-state index in [2.05, 4.69) is 12.2 Å². The molecule has 0 saturated carbocycles. The quantitative estimate of drug-likeness (QED) is 0.206. The number of carbonyl (C=O) groups is 1. The summed E-state index contributed by atoms with van der Waals surface area (Å²) in [5, 5.41) is 13.5. The highest BCUT2D eigenvalue weighted by Gasteiger charge is 2.08. The molecule has 0 heterocycles. The van der Waals surface area contributed by atoms with E-state index in [0.29, 0.717) is 12.1 Å². The first-order chi connectivity index (χ1) is 13.1. The molecule has 0 spiro atoms.